The molecule has 0 heterocycles. The largest absolute Gasteiger partial charge is 0.352 e. The fraction of sp³-hybridized carbons (Fsp3) is 0.125. The average molecular weight is 304 g/mol. The molecule has 6 heteroatoms. The Morgan fingerprint density at radius 3 is 2.14 bits per heavy atom. The third-order valence-corrected chi connectivity index (χ3v) is 2.88. The van der Waals surface area contributed by atoms with Gasteiger partial charge in [-0.1, -0.05) is 36.4 Å². The summed E-state index contributed by atoms with van der Waals surface area (Å²) in [4.78, 5) is 23.3. The molecule has 2 aromatic rings. The number of hydrogen-bond acceptors (Lipinski definition) is 2. The molecule has 0 aliphatic carbocycles. The van der Waals surface area contributed by atoms with Gasteiger partial charge in [0.2, 0.25) is 11.8 Å². The lowest BCUT2D eigenvalue weighted by atomic mass is 10.2. The predicted octanol–water partition coefficient (Wildman–Crippen LogP) is 2.61. The smallest absolute Gasteiger partial charge is 0.233 e. The van der Waals surface area contributed by atoms with Crippen molar-refractivity contribution in [3.05, 3.63) is 65.7 Å². The van der Waals surface area contributed by atoms with E-state index in [1.165, 1.54) is 6.07 Å². The van der Waals surface area contributed by atoms with Crippen molar-refractivity contribution >= 4 is 17.5 Å². The lowest BCUT2D eigenvalue weighted by Gasteiger charge is -2.08. The van der Waals surface area contributed by atoms with Gasteiger partial charge in [-0.3, -0.25) is 9.59 Å². The van der Waals surface area contributed by atoms with Crippen LogP contribution in [0.5, 0.6) is 0 Å². The molecule has 0 fully saturated rings. The number of benzene rings is 2. The first kappa shape index (κ1) is 15.6. The molecular formula is C16H14F2N2O2. The molecule has 0 radical (unpaired) electrons. The third kappa shape index (κ3) is 4.37. The van der Waals surface area contributed by atoms with Crippen LogP contribution in [0.15, 0.2) is 48.5 Å². The van der Waals surface area contributed by atoms with E-state index in [1.807, 2.05) is 30.3 Å². The summed E-state index contributed by atoms with van der Waals surface area (Å²) in [6.07, 6.45) is -0.513. The molecule has 22 heavy (non-hydrogen) atoms. The number of hydrogen-bond donors (Lipinski definition) is 2. The second kappa shape index (κ2) is 7.31. The molecule has 0 aliphatic rings. The molecule has 0 bridgehead atoms. The Bertz CT molecular complexity index is 655. The van der Waals surface area contributed by atoms with Gasteiger partial charge in [0.1, 0.15) is 23.7 Å². The molecule has 0 aromatic heterocycles. The lowest BCUT2D eigenvalue weighted by molar-refractivity contribution is -0.126. The zero-order valence-electron chi connectivity index (χ0n) is 11.6. The van der Waals surface area contributed by atoms with Gasteiger partial charge in [-0.05, 0) is 17.7 Å². The number of carbonyl (C=O) groups is 2. The Kier molecular flexibility index (Phi) is 5.19. The standard InChI is InChI=1S/C16H14F2N2O2/c17-12-7-4-8-13(18)16(12)20-15(22)9-14(21)19-10-11-5-2-1-3-6-11/h1-8H,9-10H2,(H,19,21)(H,20,22). The Labute approximate surface area is 126 Å². The summed E-state index contributed by atoms with van der Waals surface area (Å²) in [5.74, 6) is -3.09. The van der Waals surface area contributed by atoms with Crippen LogP contribution in [0.1, 0.15) is 12.0 Å². The first-order chi connectivity index (χ1) is 10.6. The summed E-state index contributed by atoms with van der Waals surface area (Å²) in [6, 6.07) is 12.4. The second-order valence-corrected chi connectivity index (χ2v) is 4.58. The Balaban J connectivity index is 1.85. The first-order valence-corrected chi connectivity index (χ1v) is 6.61. The van der Waals surface area contributed by atoms with Gasteiger partial charge >= 0.3 is 0 Å². The van der Waals surface area contributed by atoms with Crippen molar-refractivity contribution in [3.63, 3.8) is 0 Å². The average Bonchev–Trinajstić information content (AvgIpc) is 2.50. The monoisotopic (exact) mass is 304 g/mol. The molecule has 2 aromatic carbocycles. The summed E-state index contributed by atoms with van der Waals surface area (Å²) in [5.41, 5.74) is 0.333. The van der Waals surface area contributed by atoms with Gasteiger partial charge < -0.3 is 10.6 Å². The highest BCUT2D eigenvalue weighted by Crippen LogP contribution is 2.17. The van der Waals surface area contributed by atoms with Gasteiger partial charge in [-0.2, -0.15) is 0 Å². The van der Waals surface area contributed by atoms with Crippen LogP contribution in [0.25, 0.3) is 0 Å². The van der Waals surface area contributed by atoms with Crippen molar-refractivity contribution in [2.75, 3.05) is 5.32 Å². The molecule has 114 valence electrons. The van der Waals surface area contributed by atoms with Crippen molar-refractivity contribution in [2.24, 2.45) is 0 Å². The van der Waals surface area contributed by atoms with Gasteiger partial charge in [-0.15, -0.1) is 0 Å². The van der Waals surface area contributed by atoms with E-state index in [2.05, 4.69) is 10.6 Å². The Hall–Kier alpha value is -2.76. The number of para-hydroxylation sites is 1. The zero-order chi connectivity index (χ0) is 15.9. The maximum atomic E-state index is 13.4. The minimum absolute atomic E-state index is 0.279. The molecule has 2 rings (SSSR count). The fourth-order valence-corrected chi connectivity index (χ4v) is 1.81. The molecule has 2 amide bonds. The first-order valence-electron chi connectivity index (χ1n) is 6.61. The maximum absolute atomic E-state index is 13.4. The van der Waals surface area contributed by atoms with Crippen LogP contribution in [0.4, 0.5) is 14.5 Å². The van der Waals surface area contributed by atoms with E-state index in [1.54, 1.807) is 0 Å². The molecule has 2 N–H and O–H groups in total. The summed E-state index contributed by atoms with van der Waals surface area (Å²) in [6.45, 7) is 0.279. The van der Waals surface area contributed by atoms with E-state index in [0.717, 1.165) is 17.7 Å². The molecular weight excluding hydrogens is 290 g/mol. The summed E-state index contributed by atoms with van der Waals surface area (Å²) >= 11 is 0. The molecule has 0 spiro atoms. The Morgan fingerprint density at radius 1 is 0.864 bits per heavy atom. The van der Waals surface area contributed by atoms with Crippen LogP contribution in [-0.2, 0) is 16.1 Å². The van der Waals surface area contributed by atoms with E-state index >= 15 is 0 Å². The maximum Gasteiger partial charge on any atom is 0.233 e. The highest BCUT2D eigenvalue weighted by molar-refractivity contribution is 6.03. The van der Waals surface area contributed by atoms with Crippen molar-refractivity contribution in [1.82, 2.24) is 5.32 Å². The number of carbonyl (C=O) groups excluding carboxylic acids is 2. The summed E-state index contributed by atoms with van der Waals surface area (Å²) in [7, 11) is 0. The highest BCUT2D eigenvalue weighted by Gasteiger charge is 2.14. The number of nitrogens with one attached hydrogen (secondary N) is 2. The second-order valence-electron chi connectivity index (χ2n) is 4.58. The van der Waals surface area contributed by atoms with E-state index in [9.17, 15) is 18.4 Å². The normalized spacial score (nSPS) is 10.1. The molecule has 4 nitrogen and oxygen atoms in total. The zero-order valence-corrected chi connectivity index (χ0v) is 11.6. The Morgan fingerprint density at radius 2 is 1.50 bits per heavy atom. The van der Waals surface area contributed by atoms with Crippen LogP contribution in [0.2, 0.25) is 0 Å². The minimum Gasteiger partial charge on any atom is -0.352 e. The lowest BCUT2D eigenvalue weighted by Crippen LogP contribution is -2.28. The quantitative estimate of drug-likeness (QED) is 0.834. The molecule has 0 atom stereocenters. The van der Waals surface area contributed by atoms with Crippen LogP contribution >= 0.6 is 0 Å². The van der Waals surface area contributed by atoms with Crippen LogP contribution < -0.4 is 10.6 Å². The van der Waals surface area contributed by atoms with Gasteiger partial charge in [-0.25, -0.2) is 8.78 Å². The number of amides is 2. The molecule has 0 aliphatic heterocycles. The molecule has 0 saturated carbocycles. The molecule has 0 unspecified atom stereocenters. The SMILES string of the molecule is O=C(CC(=O)Nc1c(F)cccc1F)NCc1ccccc1. The van der Waals surface area contributed by atoms with Gasteiger partial charge in [0.25, 0.3) is 0 Å². The fourth-order valence-electron chi connectivity index (χ4n) is 1.81. The molecule has 0 saturated heterocycles. The number of halogens is 2. The summed E-state index contributed by atoms with van der Waals surface area (Å²) < 4.78 is 26.7. The van der Waals surface area contributed by atoms with E-state index in [-0.39, 0.29) is 6.54 Å². The van der Waals surface area contributed by atoms with Crippen molar-refractivity contribution in [3.8, 4) is 0 Å². The van der Waals surface area contributed by atoms with Crippen LogP contribution in [0.3, 0.4) is 0 Å². The third-order valence-electron chi connectivity index (χ3n) is 2.88. The predicted molar refractivity (Wildman–Crippen MR) is 77.9 cm³/mol. The minimum atomic E-state index is -0.891. The van der Waals surface area contributed by atoms with Gasteiger partial charge in [0, 0.05) is 6.54 Å². The van der Waals surface area contributed by atoms with Gasteiger partial charge in [0.05, 0.1) is 0 Å². The van der Waals surface area contributed by atoms with E-state index < -0.39 is 35.6 Å². The number of rotatable bonds is 5. The highest BCUT2D eigenvalue weighted by atomic mass is 19.1. The summed E-state index contributed by atoms with van der Waals surface area (Å²) in [5, 5.41) is 4.62. The van der Waals surface area contributed by atoms with E-state index in [0.29, 0.717) is 0 Å². The topological polar surface area (TPSA) is 58.2 Å². The van der Waals surface area contributed by atoms with E-state index in [4.69, 9.17) is 0 Å². The van der Waals surface area contributed by atoms with Crippen molar-refractivity contribution in [2.45, 2.75) is 13.0 Å². The van der Waals surface area contributed by atoms with Crippen molar-refractivity contribution < 1.29 is 18.4 Å². The van der Waals surface area contributed by atoms with Crippen LogP contribution in [0, 0.1) is 11.6 Å². The van der Waals surface area contributed by atoms with Crippen molar-refractivity contribution in [1.29, 1.82) is 0 Å². The van der Waals surface area contributed by atoms with Crippen LogP contribution in [-0.4, -0.2) is 11.8 Å². The van der Waals surface area contributed by atoms with Gasteiger partial charge in [0.15, 0.2) is 0 Å². The number of anilines is 1.